The van der Waals surface area contributed by atoms with Gasteiger partial charge >= 0.3 is 0 Å². The molecule has 0 N–H and O–H groups in total. The highest BCUT2D eigenvalue weighted by atomic mass is 35.5. The molecule has 7 heteroatoms. The van der Waals surface area contributed by atoms with Gasteiger partial charge in [-0.05, 0) is 23.3 Å². The molecule has 1 aliphatic rings. The maximum absolute atomic E-state index is 8.53. The van der Waals surface area contributed by atoms with E-state index in [2.05, 4.69) is 52.3 Å². The summed E-state index contributed by atoms with van der Waals surface area (Å²) in [7, 11) is 0. The first-order chi connectivity index (χ1) is 12.8. The number of benzene rings is 2. The van der Waals surface area contributed by atoms with Crippen molar-refractivity contribution in [2.75, 3.05) is 45.9 Å². The Morgan fingerprint density at radius 3 is 2.14 bits per heavy atom. The summed E-state index contributed by atoms with van der Waals surface area (Å²) < 4.78 is 5.28. The fourth-order valence-corrected chi connectivity index (χ4v) is 3.58. The van der Waals surface area contributed by atoms with Gasteiger partial charge < -0.3 is 4.74 Å². The van der Waals surface area contributed by atoms with E-state index in [-0.39, 0.29) is 37.5 Å². The third kappa shape index (κ3) is 6.93. The monoisotopic (exact) mass is 441 g/mol. The molecule has 0 saturated carbocycles. The Kier molecular flexibility index (Phi) is 11.5. The van der Waals surface area contributed by atoms with Crippen molar-refractivity contribution in [3.05, 3.63) is 70.7 Å². The summed E-state index contributed by atoms with van der Waals surface area (Å²) in [4.78, 5) is 4.93. The van der Waals surface area contributed by atoms with Crippen LogP contribution in [0.5, 0.6) is 0 Å². The smallest absolute Gasteiger partial charge is 0.133 e. The standard InChI is InChI=1S/C21H24ClN3O.2ClH/c22-20-8-6-19(7-9-20)21(18-4-2-1-3-5-18)25-13-11-24(12-14-25)15-17-26-16-10-23;;/h1-9,21H,11-17H2;2*1H. The highest BCUT2D eigenvalue weighted by Crippen LogP contribution is 2.30. The molecule has 28 heavy (non-hydrogen) atoms. The Hall–Kier alpha value is -1.32. The van der Waals surface area contributed by atoms with E-state index in [1.807, 2.05) is 18.2 Å². The van der Waals surface area contributed by atoms with Crippen molar-refractivity contribution < 1.29 is 4.74 Å². The molecule has 2 aromatic rings. The van der Waals surface area contributed by atoms with E-state index in [0.717, 1.165) is 37.7 Å². The second-order valence-electron chi connectivity index (χ2n) is 6.45. The third-order valence-corrected chi connectivity index (χ3v) is 5.04. The van der Waals surface area contributed by atoms with Gasteiger partial charge in [0.15, 0.2) is 0 Å². The fourth-order valence-electron chi connectivity index (χ4n) is 3.45. The highest BCUT2D eigenvalue weighted by Gasteiger charge is 2.26. The van der Waals surface area contributed by atoms with Crippen molar-refractivity contribution in [3.63, 3.8) is 0 Å². The van der Waals surface area contributed by atoms with Crippen LogP contribution in [0.3, 0.4) is 0 Å². The van der Waals surface area contributed by atoms with Crippen molar-refractivity contribution in [2.24, 2.45) is 0 Å². The number of hydrogen-bond donors (Lipinski definition) is 0. The maximum atomic E-state index is 8.53. The van der Waals surface area contributed by atoms with Crippen molar-refractivity contribution >= 4 is 36.4 Å². The normalized spacial score (nSPS) is 15.7. The van der Waals surface area contributed by atoms with Crippen LogP contribution in [-0.4, -0.2) is 55.7 Å². The van der Waals surface area contributed by atoms with Crippen molar-refractivity contribution in [1.82, 2.24) is 9.80 Å². The molecule has 0 aromatic heterocycles. The molecule has 2 aromatic carbocycles. The minimum atomic E-state index is 0. The van der Waals surface area contributed by atoms with Crippen LogP contribution in [0.15, 0.2) is 54.6 Å². The molecule has 1 saturated heterocycles. The topological polar surface area (TPSA) is 39.5 Å². The van der Waals surface area contributed by atoms with E-state index in [4.69, 9.17) is 21.6 Å². The van der Waals surface area contributed by atoms with Gasteiger partial charge in [0, 0.05) is 37.7 Å². The number of halogens is 3. The first-order valence-electron chi connectivity index (χ1n) is 8.99. The van der Waals surface area contributed by atoms with Crippen LogP contribution in [0.1, 0.15) is 17.2 Å². The first-order valence-corrected chi connectivity index (χ1v) is 9.37. The second-order valence-corrected chi connectivity index (χ2v) is 6.89. The molecular formula is C21H26Cl3N3O. The lowest BCUT2D eigenvalue weighted by atomic mass is 9.96. The number of nitriles is 1. The molecule has 1 aliphatic heterocycles. The van der Waals surface area contributed by atoms with Crippen LogP contribution in [-0.2, 0) is 4.74 Å². The van der Waals surface area contributed by atoms with E-state index < -0.39 is 0 Å². The molecule has 1 fully saturated rings. The van der Waals surface area contributed by atoms with E-state index in [0.29, 0.717) is 6.61 Å². The van der Waals surface area contributed by atoms with Crippen LogP contribution in [0, 0.1) is 11.3 Å². The molecule has 1 unspecified atom stereocenters. The largest absolute Gasteiger partial charge is 0.365 e. The van der Waals surface area contributed by atoms with E-state index >= 15 is 0 Å². The van der Waals surface area contributed by atoms with Gasteiger partial charge in [0.2, 0.25) is 0 Å². The average molecular weight is 443 g/mol. The lowest BCUT2D eigenvalue weighted by Gasteiger charge is -2.39. The summed E-state index contributed by atoms with van der Waals surface area (Å²) in [6.45, 7) is 5.69. The Balaban J connectivity index is 0.00000196. The molecule has 0 spiro atoms. The zero-order valence-electron chi connectivity index (χ0n) is 15.7. The molecule has 0 radical (unpaired) electrons. The predicted molar refractivity (Wildman–Crippen MR) is 119 cm³/mol. The van der Waals surface area contributed by atoms with Crippen LogP contribution in [0.2, 0.25) is 5.02 Å². The second kappa shape index (κ2) is 13.0. The Bertz CT molecular complexity index is 714. The van der Waals surface area contributed by atoms with Gasteiger partial charge in [0.1, 0.15) is 6.61 Å². The number of piperazine rings is 1. The zero-order valence-corrected chi connectivity index (χ0v) is 18.1. The van der Waals surface area contributed by atoms with Gasteiger partial charge in [0.25, 0.3) is 0 Å². The molecule has 3 rings (SSSR count). The molecule has 1 atom stereocenters. The Morgan fingerprint density at radius 2 is 1.54 bits per heavy atom. The number of ether oxygens (including phenoxy) is 1. The Labute approximate surface area is 184 Å². The quantitative estimate of drug-likeness (QED) is 0.595. The molecule has 0 amide bonds. The zero-order chi connectivity index (χ0) is 18.2. The van der Waals surface area contributed by atoms with Crippen LogP contribution >= 0.6 is 36.4 Å². The highest BCUT2D eigenvalue weighted by molar-refractivity contribution is 6.30. The number of hydrogen-bond acceptors (Lipinski definition) is 4. The van der Waals surface area contributed by atoms with E-state index in [9.17, 15) is 0 Å². The van der Waals surface area contributed by atoms with Gasteiger partial charge in [0.05, 0.1) is 18.7 Å². The minimum Gasteiger partial charge on any atom is -0.365 e. The number of nitrogens with zero attached hydrogens (tertiary/aromatic N) is 3. The summed E-state index contributed by atoms with van der Waals surface area (Å²) >= 11 is 6.09. The van der Waals surface area contributed by atoms with Gasteiger partial charge in [-0.15, -0.1) is 24.8 Å². The van der Waals surface area contributed by atoms with Crippen LogP contribution in [0.4, 0.5) is 0 Å². The summed E-state index contributed by atoms with van der Waals surface area (Å²) in [6.07, 6.45) is 0. The SMILES string of the molecule is Cl.Cl.N#CCOCCN1CCN(C(c2ccccc2)c2ccc(Cl)cc2)CC1. The average Bonchev–Trinajstić information content (AvgIpc) is 2.69. The van der Waals surface area contributed by atoms with Crippen molar-refractivity contribution in [2.45, 2.75) is 6.04 Å². The lowest BCUT2D eigenvalue weighted by molar-refractivity contribution is 0.0760. The summed E-state index contributed by atoms with van der Waals surface area (Å²) in [5.41, 5.74) is 2.58. The summed E-state index contributed by atoms with van der Waals surface area (Å²) in [5, 5.41) is 9.30. The van der Waals surface area contributed by atoms with E-state index in [1.165, 1.54) is 11.1 Å². The minimum absolute atomic E-state index is 0. The predicted octanol–water partition coefficient (Wildman–Crippen LogP) is 4.43. The lowest BCUT2D eigenvalue weighted by Crippen LogP contribution is -2.48. The molecule has 4 nitrogen and oxygen atoms in total. The van der Waals surface area contributed by atoms with E-state index in [1.54, 1.807) is 0 Å². The fraction of sp³-hybridized carbons (Fsp3) is 0.381. The molecule has 1 heterocycles. The van der Waals surface area contributed by atoms with Crippen molar-refractivity contribution in [3.8, 4) is 6.07 Å². The molecular weight excluding hydrogens is 417 g/mol. The number of rotatable bonds is 7. The molecule has 152 valence electrons. The van der Waals surface area contributed by atoms with Crippen LogP contribution < -0.4 is 0 Å². The summed E-state index contributed by atoms with van der Waals surface area (Å²) in [5.74, 6) is 0. The van der Waals surface area contributed by atoms with Gasteiger partial charge in [-0.3, -0.25) is 9.80 Å². The van der Waals surface area contributed by atoms with Crippen LogP contribution in [0.25, 0.3) is 0 Å². The van der Waals surface area contributed by atoms with Gasteiger partial charge in [-0.25, -0.2) is 0 Å². The van der Waals surface area contributed by atoms with Gasteiger partial charge in [-0.1, -0.05) is 54.1 Å². The molecule has 0 bridgehead atoms. The van der Waals surface area contributed by atoms with Crippen molar-refractivity contribution in [1.29, 1.82) is 5.26 Å². The third-order valence-electron chi connectivity index (χ3n) is 4.79. The van der Waals surface area contributed by atoms with Gasteiger partial charge in [-0.2, -0.15) is 5.26 Å². The summed E-state index contributed by atoms with van der Waals surface area (Å²) in [6, 6.07) is 21.1. The first kappa shape index (κ1) is 24.7. The Morgan fingerprint density at radius 1 is 0.929 bits per heavy atom. The maximum Gasteiger partial charge on any atom is 0.133 e. The molecule has 0 aliphatic carbocycles.